The number of hydrogen-bond acceptors (Lipinski definition) is 7. The molecule has 0 aromatic carbocycles. The molecular formula is C10H15BrN6O3S. The summed E-state index contributed by atoms with van der Waals surface area (Å²) in [6, 6.07) is 1.48. The quantitative estimate of drug-likeness (QED) is 0.572. The number of hydrogen-bond donors (Lipinski definition) is 3. The van der Waals surface area contributed by atoms with Crippen molar-refractivity contribution in [2.24, 2.45) is 0 Å². The molecule has 2 aromatic rings. The number of rotatable bonds is 8. The van der Waals surface area contributed by atoms with Gasteiger partial charge >= 0.3 is 0 Å². The molecule has 0 unspecified atom stereocenters. The molecule has 0 aliphatic carbocycles. The van der Waals surface area contributed by atoms with Crippen LogP contribution in [0.1, 0.15) is 24.9 Å². The van der Waals surface area contributed by atoms with E-state index < -0.39 is 10.0 Å². The first-order valence-corrected chi connectivity index (χ1v) is 8.51. The van der Waals surface area contributed by atoms with Crippen LogP contribution < -0.4 is 10.0 Å². The summed E-state index contributed by atoms with van der Waals surface area (Å²) in [6.45, 7) is 3.28. The lowest BCUT2D eigenvalue weighted by atomic mass is 10.4. The molecule has 0 aliphatic rings. The van der Waals surface area contributed by atoms with E-state index in [0.717, 1.165) is 13.0 Å². The normalized spacial score (nSPS) is 11.9. The molecule has 2 rings (SSSR count). The highest BCUT2D eigenvalue weighted by atomic mass is 79.9. The van der Waals surface area contributed by atoms with Gasteiger partial charge in [0, 0.05) is 6.07 Å². The standard InChI is InChI=1S/C10H15BrN6O3S/c1-2-3-12-5-7-4-8(10(11)20-7)21(18,19)13-6-9-14-16-17-15-9/h4,12-13H,2-3,5-6H2,1H3,(H,14,15,16,17). The fraction of sp³-hybridized carbons (Fsp3) is 0.500. The van der Waals surface area contributed by atoms with Crippen LogP contribution in [0, 0.1) is 0 Å². The molecule has 21 heavy (non-hydrogen) atoms. The van der Waals surface area contributed by atoms with Crippen LogP contribution in [-0.2, 0) is 23.1 Å². The fourth-order valence-electron chi connectivity index (χ4n) is 1.55. The Morgan fingerprint density at radius 1 is 1.43 bits per heavy atom. The van der Waals surface area contributed by atoms with Crippen LogP contribution in [0.15, 0.2) is 20.0 Å². The third-order valence-electron chi connectivity index (χ3n) is 2.53. The Labute approximate surface area is 130 Å². The van der Waals surface area contributed by atoms with E-state index in [1.807, 2.05) is 6.92 Å². The molecule has 0 radical (unpaired) electrons. The lowest BCUT2D eigenvalue weighted by Gasteiger charge is -2.01. The highest BCUT2D eigenvalue weighted by Gasteiger charge is 2.22. The molecule has 11 heteroatoms. The fourth-order valence-corrected chi connectivity index (χ4v) is 3.53. The van der Waals surface area contributed by atoms with Crippen molar-refractivity contribution in [3.05, 3.63) is 22.3 Å². The van der Waals surface area contributed by atoms with Crippen LogP contribution in [0.25, 0.3) is 0 Å². The van der Waals surface area contributed by atoms with Crippen molar-refractivity contribution >= 4 is 26.0 Å². The van der Waals surface area contributed by atoms with Gasteiger partial charge in [-0.05, 0) is 28.9 Å². The largest absolute Gasteiger partial charge is 0.452 e. The van der Waals surface area contributed by atoms with Gasteiger partial charge in [0.15, 0.2) is 10.5 Å². The number of halogens is 1. The van der Waals surface area contributed by atoms with E-state index in [-0.39, 0.29) is 21.9 Å². The summed E-state index contributed by atoms with van der Waals surface area (Å²) in [5.41, 5.74) is 0. The van der Waals surface area contributed by atoms with E-state index in [2.05, 4.69) is 46.6 Å². The molecule has 2 aromatic heterocycles. The van der Waals surface area contributed by atoms with Crippen molar-refractivity contribution < 1.29 is 12.8 Å². The van der Waals surface area contributed by atoms with Crippen LogP contribution in [0.3, 0.4) is 0 Å². The SMILES string of the molecule is CCCNCc1cc(S(=O)(=O)NCc2nn[nH]n2)c(Br)o1. The minimum Gasteiger partial charge on any atom is -0.452 e. The molecule has 0 fully saturated rings. The third-order valence-corrected chi connectivity index (χ3v) is 4.79. The van der Waals surface area contributed by atoms with E-state index in [4.69, 9.17) is 4.42 Å². The number of nitrogens with one attached hydrogen (secondary N) is 3. The molecule has 0 amide bonds. The number of aromatic nitrogens is 4. The second-order valence-corrected chi connectivity index (χ2v) is 6.64. The Hall–Kier alpha value is -1.30. The zero-order valence-electron chi connectivity index (χ0n) is 11.3. The van der Waals surface area contributed by atoms with Gasteiger partial charge in [0.25, 0.3) is 0 Å². The van der Waals surface area contributed by atoms with Gasteiger partial charge in [-0.15, -0.1) is 10.2 Å². The van der Waals surface area contributed by atoms with Gasteiger partial charge in [-0.3, -0.25) is 0 Å². The molecule has 2 heterocycles. The van der Waals surface area contributed by atoms with E-state index in [1.165, 1.54) is 6.07 Å². The van der Waals surface area contributed by atoms with Crippen LogP contribution in [0.4, 0.5) is 0 Å². The molecule has 0 saturated carbocycles. The highest BCUT2D eigenvalue weighted by molar-refractivity contribution is 9.10. The molecule has 9 nitrogen and oxygen atoms in total. The molecule has 0 saturated heterocycles. The maximum absolute atomic E-state index is 12.2. The second kappa shape index (κ2) is 7.11. The van der Waals surface area contributed by atoms with Crippen LogP contribution in [-0.4, -0.2) is 35.6 Å². The summed E-state index contributed by atoms with van der Waals surface area (Å²) < 4.78 is 32.3. The molecule has 0 bridgehead atoms. The minimum atomic E-state index is -3.72. The number of furan rings is 1. The molecule has 3 N–H and O–H groups in total. The zero-order chi connectivity index (χ0) is 15.3. The smallest absolute Gasteiger partial charge is 0.245 e. The third kappa shape index (κ3) is 4.33. The zero-order valence-corrected chi connectivity index (χ0v) is 13.7. The molecule has 0 atom stereocenters. The predicted octanol–water partition coefficient (Wildman–Crippen LogP) is 0.533. The number of aromatic amines is 1. The van der Waals surface area contributed by atoms with E-state index in [1.54, 1.807) is 0 Å². The molecule has 0 spiro atoms. The van der Waals surface area contributed by atoms with Gasteiger partial charge in [-0.1, -0.05) is 12.1 Å². The molecular weight excluding hydrogens is 364 g/mol. The van der Waals surface area contributed by atoms with E-state index >= 15 is 0 Å². The topological polar surface area (TPSA) is 126 Å². The Morgan fingerprint density at radius 2 is 2.24 bits per heavy atom. The summed E-state index contributed by atoms with van der Waals surface area (Å²) in [5, 5.41) is 16.1. The summed E-state index contributed by atoms with van der Waals surface area (Å²) in [4.78, 5) is 0.0410. The average molecular weight is 379 g/mol. The number of H-pyrrole nitrogens is 1. The number of sulfonamides is 1. The van der Waals surface area contributed by atoms with Crippen molar-refractivity contribution in [3.8, 4) is 0 Å². The van der Waals surface area contributed by atoms with Gasteiger partial charge in [-0.2, -0.15) is 5.21 Å². The van der Waals surface area contributed by atoms with Crippen LogP contribution >= 0.6 is 15.9 Å². The van der Waals surface area contributed by atoms with Crippen LogP contribution in [0.2, 0.25) is 0 Å². The van der Waals surface area contributed by atoms with E-state index in [9.17, 15) is 8.42 Å². The lowest BCUT2D eigenvalue weighted by molar-refractivity contribution is 0.461. The van der Waals surface area contributed by atoms with Crippen LogP contribution in [0.5, 0.6) is 0 Å². The predicted molar refractivity (Wildman–Crippen MR) is 76.6 cm³/mol. The van der Waals surface area contributed by atoms with Gasteiger partial charge in [0.2, 0.25) is 10.0 Å². The van der Waals surface area contributed by atoms with Crippen molar-refractivity contribution in [2.75, 3.05) is 6.54 Å². The van der Waals surface area contributed by atoms with Crippen molar-refractivity contribution in [3.63, 3.8) is 0 Å². The first-order valence-electron chi connectivity index (χ1n) is 6.24. The second-order valence-electron chi connectivity index (χ2n) is 4.18. The average Bonchev–Trinajstić information content (AvgIpc) is 3.07. The maximum atomic E-state index is 12.2. The Kier molecular flexibility index (Phi) is 5.45. The molecule has 0 aliphatic heterocycles. The summed E-state index contributed by atoms with van der Waals surface area (Å²) >= 11 is 3.12. The molecule has 116 valence electrons. The number of nitrogens with zero attached hydrogens (tertiary/aromatic N) is 3. The summed E-state index contributed by atoms with van der Waals surface area (Å²) in [7, 11) is -3.72. The van der Waals surface area contributed by atoms with Gasteiger partial charge in [-0.25, -0.2) is 13.1 Å². The Bertz CT molecular complexity index is 669. The van der Waals surface area contributed by atoms with Gasteiger partial charge in [0.1, 0.15) is 10.7 Å². The Balaban J connectivity index is 2.05. The van der Waals surface area contributed by atoms with E-state index in [0.29, 0.717) is 12.3 Å². The highest BCUT2D eigenvalue weighted by Crippen LogP contribution is 2.26. The van der Waals surface area contributed by atoms with Crippen molar-refractivity contribution in [1.82, 2.24) is 30.7 Å². The minimum absolute atomic E-state index is 0.0410. The lowest BCUT2D eigenvalue weighted by Crippen LogP contribution is -2.23. The first-order chi connectivity index (χ1) is 10.0. The first kappa shape index (κ1) is 16.1. The van der Waals surface area contributed by atoms with Gasteiger partial charge < -0.3 is 9.73 Å². The maximum Gasteiger partial charge on any atom is 0.245 e. The summed E-state index contributed by atoms with van der Waals surface area (Å²) in [5.74, 6) is 0.790. The monoisotopic (exact) mass is 378 g/mol. The summed E-state index contributed by atoms with van der Waals surface area (Å²) in [6.07, 6.45) is 0.985. The van der Waals surface area contributed by atoms with Gasteiger partial charge in [0.05, 0.1) is 13.1 Å². The number of tetrazole rings is 1. The van der Waals surface area contributed by atoms with Crippen molar-refractivity contribution in [1.29, 1.82) is 0 Å². The Morgan fingerprint density at radius 3 is 2.90 bits per heavy atom. The van der Waals surface area contributed by atoms with Crippen molar-refractivity contribution in [2.45, 2.75) is 31.3 Å².